The average Bonchev–Trinajstić information content (AvgIpc) is 3.22. The summed E-state index contributed by atoms with van der Waals surface area (Å²) < 4.78 is 0. The minimum Gasteiger partial charge on any atom is -0.306 e. The minimum atomic E-state index is -0.513. The summed E-state index contributed by atoms with van der Waals surface area (Å²) in [7, 11) is 0. The number of pyridine rings is 1. The van der Waals surface area contributed by atoms with Crippen LogP contribution in [0.1, 0.15) is 35.0 Å². The van der Waals surface area contributed by atoms with E-state index in [0.717, 1.165) is 17.4 Å². The van der Waals surface area contributed by atoms with Crippen LogP contribution in [0.4, 0.5) is 10.9 Å². The second-order valence-electron chi connectivity index (χ2n) is 6.28. The molecule has 0 aliphatic heterocycles. The molecule has 3 heterocycles. The Morgan fingerprint density at radius 2 is 1.87 bits per heavy atom. The SMILES string of the molecule is C=CC(=O)Nc1cnc(-c2cncc(C(C)C(=O)Nc3ncc(C(C)=O)s3)c2)cn1. The van der Waals surface area contributed by atoms with Crippen molar-refractivity contribution in [1.82, 2.24) is 19.9 Å². The van der Waals surface area contributed by atoms with Crippen LogP contribution in [0, 0.1) is 0 Å². The molecule has 0 aliphatic rings. The molecule has 9 nitrogen and oxygen atoms in total. The first kappa shape index (κ1) is 20.9. The Labute approximate surface area is 176 Å². The molecule has 0 saturated carbocycles. The molecule has 0 saturated heterocycles. The lowest BCUT2D eigenvalue weighted by molar-refractivity contribution is -0.117. The Bertz CT molecular complexity index is 1110. The van der Waals surface area contributed by atoms with E-state index in [4.69, 9.17) is 0 Å². The van der Waals surface area contributed by atoms with E-state index in [1.54, 1.807) is 25.4 Å². The molecule has 1 unspecified atom stereocenters. The van der Waals surface area contributed by atoms with E-state index in [2.05, 4.69) is 37.1 Å². The maximum Gasteiger partial charge on any atom is 0.248 e. The van der Waals surface area contributed by atoms with Gasteiger partial charge in [-0.1, -0.05) is 17.9 Å². The molecule has 0 fully saturated rings. The minimum absolute atomic E-state index is 0.103. The molecule has 3 rings (SSSR count). The molecule has 30 heavy (non-hydrogen) atoms. The van der Waals surface area contributed by atoms with Crippen molar-refractivity contribution in [2.45, 2.75) is 19.8 Å². The first-order valence-electron chi connectivity index (χ1n) is 8.85. The number of rotatable bonds is 7. The van der Waals surface area contributed by atoms with Crippen molar-refractivity contribution >= 4 is 39.9 Å². The van der Waals surface area contributed by atoms with Gasteiger partial charge in [-0.25, -0.2) is 9.97 Å². The molecule has 2 amide bonds. The largest absolute Gasteiger partial charge is 0.306 e. The van der Waals surface area contributed by atoms with E-state index in [0.29, 0.717) is 32.6 Å². The molecule has 152 valence electrons. The van der Waals surface area contributed by atoms with Crippen molar-refractivity contribution in [1.29, 1.82) is 0 Å². The zero-order valence-electron chi connectivity index (χ0n) is 16.2. The molecule has 10 heteroatoms. The van der Waals surface area contributed by atoms with Crippen molar-refractivity contribution in [3.05, 3.63) is 60.1 Å². The van der Waals surface area contributed by atoms with Crippen LogP contribution in [0.3, 0.4) is 0 Å². The van der Waals surface area contributed by atoms with Gasteiger partial charge in [0.05, 0.1) is 35.1 Å². The third-order valence-corrected chi connectivity index (χ3v) is 5.13. The van der Waals surface area contributed by atoms with Crippen LogP contribution in [0.25, 0.3) is 11.3 Å². The number of aromatic nitrogens is 4. The van der Waals surface area contributed by atoms with Gasteiger partial charge in [0.15, 0.2) is 16.7 Å². The van der Waals surface area contributed by atoms with Crippen molar-refractivity contribution in [2.24, 2.45) is 0 Å². The van der Waals surface area contributed by atoms with Gasteiger partial charge in [-0.05, 0) is 24.6 Å². The van der Waals surface area contributed by atoms with Gasteiger partial charge in [-0.15, -0.1) is 0 Å². The molecule has 0 spiro atoms. The van der Waals surface area contributed by atoms with Gasteiger partial charge in [-0.3, -0.25) is 24.4 Å². The summed E-state index contributed by atoms with van der Waals surface area (Å²) in [5.41, 5.74) is 1.90. The molecular weight excluding hydrogens is 404 g/mol. The predicted molar refractivity (Wildman–Crippen MR) is 113 cm³/mol. The van der Waals surface area contributed by atoms with Crippen LogP contribution in [0.2, 0.25) is 0 Å². The quantitative estimate of drug-likeness (QED) is 0.442. The van der Waals surface area contributed by atoms with E-state index in [-0.39, 0.29) is 17.6 Å². The lowest BCUT2D eigenvalue weighted by Crippen LogP contribution is -2.19. The van der Waals surface area contributed by atoms with E-state index in [9.17, 15) is 14.4 Å². The van der Waals surface area contributed by atoms with Gasteiger partial charge in [0.2, 0.25) is 11.8 Å². The molecule has 0 radical (unpaired) electrons. The summed E-state index contributed by atoms with van der Waals surface area (Å²) >= 11 is 1.13. The third-order valence-electron chi connectivity index (χ3n) is 4.12. The Balaban J connectivity index is 1.73. The topological polar surface area (TPSA) is 127 Å². The fraction of sp³-hybridized carbons (Fsp3) is 0.150. The van der Waals surface area contributed by atoms with Crippen molar-refractivity contribution in [2.75, 3.05) is 10.6 Å². The van der Waals surface area contributed by atoms with Crippen LogP contribution in [0.15, 0.2) is 49.7 Å². The fourth-order valence-electron chi connectivity index (χ4n) is 2.41. The fourth-order valence-corrected chi connectivity index (χ4v) is 3.13. The number of carbonyl (C=O) groups excluding carboxylic acids is 3. The van der Waals surface area contributed by atoms with Gasteiger partial charge < -0.3 is 10.6 Å². The standard InChI is InChI=1S/C20H18N6O3S/c1-4-18(28)25-17-10-22-15(8-23-17)14-5-13(6-21-7-14)11(2)19(29)26-20-24-9-16(30-20)12(3)27/h4-11H,1H2,2-3H3,(H,23,25,28)(H,24,26,29). The van der Waals surface area contributed by atoms with Crippen LogP contribution in [0.5, 0.6) is 0 Å². The highest BCUT2D eigenvalue weighted by molar-refractivity contribution is 7.17. The number of nitrogens with one attached hydrogen (secondary N) is 2. The summed E-state index contributed by atoms with van der Waals surface area (Å²) in [6.45, 7) is 6.57. The first-order valence-corrected chi connectivity index (χ1v) is 9.67. The highest BCUT2D eigenvalue weighted by atomic mass is 32.1. The summed E-state index contributed by atoms with van der Waals surface area (Å²) in [6.07, 6.45) is 8.72. The van der Waals surface area contributed by atoms with E-state index >= 15 is 0 Å². The Morgan fingerprint density at radius 1 is 1.07 bits per heavy atom. The Kier molecular flexibility index (Phi) is 6.38. The summed E-state index contributed by atoms with van der Waals surface area (Å²) in [5, 5.41) is 5.60. The molecule has 3 aromatic heterocycles. The van der Waals surface area contributed by atoms with Crippen molar-refractivity contribution in [3.8, 4) is 11.3 Å². The highest BCUT2D eigenvalue weighted by Gasteiger charge is 2.18. The normalized spacial score (nSPS) is 11.4. The maximum absolute atomic E-state index is 12.6. The molecular formula is C20H18N6O3S. The lowest BCUT2D eigenvalue weighted by Gasteiger charge is -2.12. The monoisotopic (exact) mass is 422 g/mol. The number of thiazole rings is 1. The maximum atomic E-state index is 12.6. The third kappa shape index (κ3) is 4.97. The second kappa shape index (κ2) is 9.14. The van der Waals surface area contributed by atoms with Crippen LogP contribution < -0.4 is 10.6 Å². The van der Waals surface area contributed by atoms with Crippen LogP contribution in [-0.2, 0) is 9.59 Å². The van der Waals surface area contributed by atoms with Gasteiger partial charge in [0.1, 0.15) is 0 Å². The number of nitrogens with zero attached hydrogens (tertiary/aromatic N) is 4. The molecule has 2 N–H and O–H groups in total. The lowest BCUT2D eigenvalue weighted by atomic mass is 10.0. The smallest absolute Gasteiger partial charge is 0.248 e. The average molecular weight is 422 g/mol. The van der Waals surface area contributed by atoms with Crippen LogP contribution in [-0.4, -0.2) is 37.5 Å². The van der Waals surface area contributed by atoms with Crippen LogP contribution >= 0.6 is 11.3 Å². The number of hydrogen-bond acceptors (Lipinski definition) is 8. The molecule has 0 aliphatic carbocycles. The first-order chi connectivity index (χ1) is 14.4. The van der Waals surface area contributed by atoms with E-state index in [1.807, 2.05) is 0 Å². The highest BCUT2D eigenvalue weighted by Crippen LogP contribution is 2.24. The summed E-state index contributed by atoms with van der Waals surface area (Å²) in [6, 6.07) is 1.80. The second-order valence-corrected chi connectivity index (χ2v) is 7.31. The van der Waals surface area contributed by atoms with Gasteiger partial charge >= 0.3 is 0 Å². The Morgan fingerprint density at radius 3 is 2.50 bits per heavy atom. The predicted octanol–water partition coefficient (Wildman–Crippen LogP) is 3.06. The zero-order valence-corrected chi connectivity index (χ0v) is 17.1. The number of Topliss-reactive ketones (excluding diaryl/α,β-unsaturated/α-hetero) is 1. The van der Waals surface area contributed by atoms with Gasteiger partial charge in [0, 0.05) is 24.9 Å². The molecule has 1 atom stereocenters. The van der Waals surface area contributed by atoms with Gasteiger partial charge in [0.25, 0.3) is 0 Å². The van der Waals surface area contributed by atoms with Crippen molar-refractivity contribution < 1.29 is 14.4 Å². The number of hydrogen-bond donors (Lipinski definition) is 2. The summed E-state index contributed by atoms with van der Waals surface area (Å²) in [5.74, 6) is -0.965. The molecule has 0 bridgehead atoms. The summed E-state index contributed by atoms with van der Waals surface area (Å²) in [4.78, 5) is 52.4. The van der Waals surface area contributed by atoms with E-state index in [1.165, 1.54) is 25.5 Å². The zero-order chi connectivity index (χ0) is 21.7. The molecule has 3 aromatic rings. The Hall–Kier alpha value is -3.79. The number of anilines is 2. The number of ketones is 1. The van der Waals surface area contributed by atoms with Gasteiger partial charge in [-0.2, -0.15) is 0 Å². The number of carbonyl (C=O) groups is 3. The number of amides is 2. The molecule has 0 aromatic carbocycles. The van der Waals surface area contributed by atoms with E-state index < -0.39 is 5.92 Å². The van der Waals surface area contributed by atoms with Crippen molar-refractivity contribution in [3.63, 3.8) is 0 Å².